The molecular formula is C9H10BrN3OS. The summed E-state index contributed by atoms with van der Waals surface area (Å²) in [5, 5.41) is 3.90. The summed E-state index contributed by atoms with van der Waals surface area (Å²) in [6.45, 7) is 2.49. The lowest BCUT2D eigenvalue weighted by Gasteiger charge is -1.98. The highest BCUT2D eigenvalue weighted by Gasteiger charge is 2.14. The molecule has 2 rings (SSSR count). The van der Waals surface area contributed by atoms with Crippen LogP contribution in [0.3, 0.4) is 0 Å². The zero-order valence-corrected chi connectivity index (χ0v) is 10.5. The van der Waals surface area contributed by atoms with E-state index in [2.05, 4.69) is 26.1 Å². The van der Waals surface area contributed by atoms with Crippen molar-refractivity contribution < 1.29 is 4.52 Å². The Morgan fingerprint density at radius 2 is 2.40 bits per heavy atom. The van der Waals surface area contributed by atoms with E-state index in [-0.39, 0.29) is 5.92 Å². The molecule has 0 fully saturated rings. The number of thiophene rings is 1. The second-order valence-electron chi connectivity index (χ2n) is 3.20. The Balaban J connectivity index is 2.27. The second kappa shape index (κ2) is 4.42. The Labute approximate surface area is 99.6 Å². The van der Waals surface area contributed by atoms with E-state index < -0.39 is 0 Å². The fourth-order valence-corrected chi connectivity index (χ4v) is 2.38. The number of nitrogens with zero attached hydrogens (tertiary/aromatic N) is 2. The molecule has 0 amide bonds. The second-order valence-corrected chi connectivity index (χ2v) is 5.66. The summed E-state index contributed by atoms with van der Waals surface area (Å²) in [7, 11) is 0. The van der Waals surface area contributed by atoms with Crippen LogP contribution in [-0.4, -0.2) is 16.7 Å². The standard InChI is InChI=1S/C9H10BrN3OS/c1-5(4-11)8-12-9(14-13-8)6-2-3-7(10)15-6/h2-3,5H,4,11H2,1H3. The highest BCUT2D eigenvalue weighted by atomic mass is 79.9. The van der Waals surface area contributed by atoms with Crippen LogP contribution in [-0.2, 0) is 0 Å². The topological polar surface area (TPSA) is 64.9 Å². The number of halogens is 1. The monoisotopic (exact) mass is 287 g/mol. The van der Waals surface area contributed by atoms with E-state index >= 15 is 0 Å². The van der Waals surface area contributed by atoms with Crippen molar-refractivity contribution in [2.45, 2.75) is 12.8 Å². The normalized spacial score (nSPS) is 13.0. The molecule has 0 aliphatic heterocycles. The molecule has 6 heteroatoms. The maximum atomic E-state index is 5.53. The molecule has 1 unspecified atom stereocenters. The van der Waals surface area contributed by atoms with Gasteiger partial charge in [0.15, 0.2) is 5.82 Å². The summed E-state index contributed by atoms with van der Waals surface area (Å²) >= 11 is 4.95. The zero-order chi connectivity index (χ0) is 10.8. The van der Waals surface area contributed by atoms with E-state index in [0.717, 1.165) is 8.66 Å². The van der Waals surface area contributed by atoms with Gasteiger partial charge in [-0.15, -0.1) is 11.3 Å². The predicted molar refractivity (Wildman–Crippen MR) is 62.8 cm³/mol. The van der Waals surface area contributed by atoms with Gasteiger partial charge in [0, 0.05) is 12.5 Å². The minimum absolute atomic E-state index is 0.130. The molecular weight excluding hydrogens is 278 g/mol. The Bertz CT molecular complexity index is 454. The Hall–Kier alpha value is -0.720. The van der Waals surface area contributed by atoms with Gasteiger partial charge in [0.1, 0.15) is 0 Å². The number of aromatic nitrogens is 2. The summed E-state index contributed by atoms with van der Waals surface area (Å²) in [4.78, 5) is 5.26. The van der Waals surface area contributed by atoms with Crippen LogP contribution in [0.4, 0.5) is 0 Å². The minimum Gasteiger partial charge on any atom is -0.333 e. The summed E-state index contributed by atoms with van der Waals surface area (Å²) < 4.78 is 6.21. The average molecular weight is 288 g/mol. The molecule has 2 N–H and O–H groups in total. The van der Waals surface area contributed by atoms with Crippen molar-refractivity contribution in [3.8, 4) is 10.8 Å². The lowest BCUT2D eigenvalue weighted by atomic mass is 10.2. The fourth-order valence-electron chi connectivity index (χ4n) is 1.07. The number of nitrogens with two attached hydrogens (primary N) is 1. The smallest absolute Gasteiger partial charge is 0.268 e. The van der Waals surface area contributed by atoms with Gasteiger partial charge in [-0.25, -0.2) is 0 Å². The average Bonchev–Trinajstić information content (AvgIpc) is 2.84. The van der Waals surface area contributed by atoms with Gasteiger partial charge >= 0.3 is 0 Å². The van der Waals surface area contributed by atoms with E-state index in [9.17, 15) is 0 Å². The van der Waals surface area contributed by atoms with Gasteiger partial charge in [-0.1, -0.05) is 12.1 Å². The number of hydrogen-bond donors (Lipinski definition) is 1. The molecule has 0 aliphatic carbocycles. The van der Waals surface area contributed by atoms with Crippen LogP contribution in [0.1, 0.15) is 18.7 Å². The quantitative estimate of drug-likeness (QED) is 0.943. The molecule has 2 aromatic rings. The molecule has 80 valence electrons. The Morgan fingerprint density at radius 1 is 1.60 bits per heavy atom. The van der Waals surface area contributed by atoms with Crippen molar-refractivity contribution in [1.29, 1.82) is 0 Å². The van der Waals surface area contributed by atoms with Gasteiger partial charge in [-0.3, -0.25) is 0 Å². The van der Waals surface area contributed by atoms with Crippen molar-refractivity contribution in [1.82, 2.24) is 10.1 Å². The van der Waals surface area contributed by atoms with Crippen LogP contribution < -0.4 is 5.73 Å². The summed E-state index contributed by atoms with van der Waals surface area (Å²) in [5.74, 6) is 1.35. The van der Waals surface area contributed by atoms with E-state index in [1.807, 2.05) is 19.1 Å². The van der Waals surface area contributed by atoms with E-state index in [1.54, 1.807) is 11.3 Å². The van der Waals surface area contributed by atoms with Gasteiger partial charge in [-0.05, 0) is 28.1 Å². The first-order valence-corrected chi connectivity index (χ1v) is 6.11. The first-order chi connectivity index (χ1) is 7.20. The van der Waals surface area contributed by atoms with Gasteiger partial charge < -0.3 is 10.3 Å². The summed E-state index contributed by atoms with van der Waals surface area (Å²) in [5.41, 5.74) is 5.53. The lowest BCUT2D eigenvalue weighted by Crippen LogP contribution is -2.10. The van der Waals surface area contributed by atoms with Crippen LogP contribution in [0.5, 0.6) is 0 Å². The third-order valence-corrected chi connectivity index (χ3v) is 3.63. The highest BCUT2D eigenvalue weighted by molar-refractivity contribution is 9.11. The largest absolute Gasteiger partial charge is 0.333 e. The van der Waals surface area contributed by atoms with Gasteiger partial charge in [0.05, 0.1) is 8.66 Å². The molecule has 4 nitrogen and oxygen atoms in total. The van der Waals surface area contributed by atoms with E-state index in [0.29, 0.717) is 18.3 Å². The Morgan fingerprint density at radius 3 is 3.00 bits per heavy atom. The third kappa shape index (κ3) is 2.27. The van der Waals surface area contributed by atoms with Gasteiger partial charge in [0.2, 0.25) is 0 Å². The number of hydrogen-bond acceptors (Lipinski definition) is 5. The molecule has 0 spiro atoms. The fraction of sp³-hybridized carbons (Fsp3) is 0.333. The lowest BCUT2D eigenvalue weighted by molar-refractivity contribution is 0.418. The highest BCUT2D eigenvalue weighted by Crippen LogP contribution is 2.30. The van der Waals surface area contributed by atoms with Gasteiger partial charge in [0.25, 0.3) is 5.89 Å². The van der Waals surface area contributed by atoms with Crippen molar-refractivity contribution in [2.75, 3.05) is 6.54 Å². The molecule has 0 saturated heterocycles. The van der Waals surface area contributed by atoms with Crippen LogP contribution in [0, 0.1) is 0 Å². The summed E-state index contributed by atoms with van der Waals surface area (Å²) in [6.07, 6.45) is 0. The van der Waals surface area contributed by atoms with Crippen molar-refractivity contribution in [3.05, 3.63) is 21.7 Å². The first-order valence-electron chi connectivity index (χ1n) is 4.50. The number of rotatable bonds is 3. The van der Waals surface area contributed by atoms with Crippen molar-refractivity contribution in [3.63, 3.8) is 0 Å². The SMILES string of the molecule is CC(CN)c1noc(-c2ccc(Br)s2)n1. The first kappa shape index (κ1) is 10.8. The van der Waals surface area contributed by atoms with Crippen LogP contribution >= 0.6 is 27.3 Å². The predicted octanol–water partition coefficient (Wildman–Crippen LogP) is 2.62. The van der Waals surface area contributed by atoms with Crippen LogP contribution in [0.2, 0.25) is 0 Å². The van der Waals surface area contributed by atoms with Crippen LogP contribution in [0.15, 0.2) is 20.4 Å². The molecule has 0 radical (unpaired) electrons. The molecule has 15 heavy (non-hydrogen) atoms. The van der Waals surface area contributed by atoms with Crippen LogP contribution in [0.25, 0.3) is 10.8 Å². The molecule has 0 saturated carbocycles. The summed E-state index contributed by atoms with van der Waals surface area (Å²) in [6, 6.07) is 3.90. The maximum absolute atomic E-state index is 5.53. The molecule has 0 aromatic carbocycles. The van der Waals surface area contributed by atoms with E-state index in [4.69, 9.17) is 10.3 Å². The molecule has 2 aromatic heterocycles. The van der Waals surface area contributed by atoms with Crippen molar-refractivity contribution >= 4 is 27.3 Å². The third-order valence-electron chi connectivity index (χ3n) is 2.02. The molecule has 0 aliphatic rings. The minimum atomic E-state index is 0.130. The van der Waals surface area contributed by atoms with E-state index in [1.165, 1.54) is 0 Å². The Kier molecular flexibility index (Phi) is 3.18. The van der Waals surface area contributed by atoms with Gasteiger partial charge in [-0.2, -0.15) is 4.98 Å². The zero-order valence-electron chi connectivity index (χ0n) is 8.11. The maximum Gasteiger partial charge on any atom is 0.268 e. The van der Waals surface area contributed by atoms with Crippen molar-refractivity contribution in [2.24, 2.45) is 5.73 Å². The molecule has 2 heterocycles. The molecule has 1 atom stereocenters. The molecule has 0 bridgehead atoms.